The van der Waals surface area contributed by atoms with Crippen molar-refractivity contribution >= 4 is 83.4 Å². The van der Waals surface area contributed by atoms with E-state index in [1.54, 1.807) is 96.0 Å². The molecule has 0 bridgehead atoms. The summed E-state index contributed by atoms with van der Waals surface area (Å²) in [5.41, 5.74) is 4.87. The molecular weight excluding hydrogens is 1010 g/mol. The molecule has 0 saturated heterocycles. The van der Waals surface area contributed by atoms with Crippen LogP contribution in [0, 0.1) is 10.8 Å². The summed E-state index contributed by atoms with van der Waals surface area (Å²) < 4.78 is 26.7. The molecular formula is C42H47Br3N12O6. The van der Waals surface area contributed by atoms with E-state index in [0.29, 0.717) is 66.2 Å². The predicted octanol–water partition coefficient (Wildman–Crippen LogP) is 7.24. The molecule has 6 aromatic rings. The first kappa shape index (κ1) is 49.3. The topological polar surface area (TPSA) is 228 Å². The SMILES string of the molecule is CNc1cc(C(=O)NCc2ccc(OC)cc2OC)nc(-c2nc(Br)cn2C)c1C=N.CNc1cc(C(=O)NCc2ccc(OC)cc2OC)nc(Br)c1C=N.Cn1cnc(Br)c1. The summed E-state index contributed by atoms with van der Waals surface area (Å²) >= 11 is 9.84. The lowest BCUT2D eigenvalue weighted by atomic mass is 10.1. The van der Waals surface area contributed by atoms with E-state index in [1.807, 2.05) is 37.0 Å². The lowest BCUT2D eigenvalue weighted by molar-refractivity contribution is 0.0937. The molecule has 0 saturated carbocycles. The molecule has 0 spiro atoms. The second-order valence-electron chi connectivity index (χ2n) is 12.9. The van der Waals surface area contributed by atoms with E-state index < -0.39 is 0 Å². The van der Waals surface area contributed by atoms with Crippen LogP contribution in [0.1, 0.15) is 43.2 Å². The van der Waals surface area contributed by atoms with Crippen molar-refractivity contribution in [3.8, 4) is 34.5 Å². The number of nitrogens with zero attached hydrogens (tertiary/aromatic N) is 6. The fourth-order valence-corrected chi connectivity index (χ4v) is 7.15. The maximum Gasteiger partial charge on any atom is 0.270 e. The normalized spacial score (nSPS) is 10.2. The van der Waals surface area contributed by atoms with Gasteiger partial charge in [-0.25, -0.2) is 19.9 Å². The van der Waals surface area contributed by atoms with Gasteiger partial charge in [-0.05, 0) is 84.2 Å². The molecule has 0 unspecified atom stereocenters. The molecule has 18 nitrogen and oxygen atoms in total. The van der Waals surface area contributed by atoms with Crippen molar-refractivity contribution in [3.63, 3.8) is 0 Å². The quantitative estimate of drug-likeness (QED) is 0.0442. The summed E-state index contributed by atoms with van der Waals surface area (Å²) in [5, 5.41) is 26.9. The smallest absolute Gasteiger partial charge is 0.270 e. The number of imidazole rings is 2. The number of benzene rings is 2. The van der Waals surface area contributed by atoms with Crippen molar-refractivity contribution in [1.82, 2.24) is 39.7 Å². The van der Waals surface area contributed by atoms with Crippen LogP contribution in [0.3, 0.4) is 0 Å². The number of aromatic nitrogens is 6. The van der Waals surface area contributed by atoms with Gasteiger partial charge in [0.25, 0.3) is 11.8 Å². The Bertz CT molecular complexity index is 2550. The van der Waals surface area contributed by atoms with Crippen LogP contribution in [0.5, 0.6) is 23.0 Å². The van der Waals surface area contributed by atoms with Crippen molar-refractivity contribution < 1.29 is 28.5 Å². The van der Waals surface area contributed by atoms with E-state index in [0.717, 1.165) is 15.7 Å². The highest BCUT2D eigenvalue weighted by Gasteiger charge is 2.20. The molecule has 332 valence electrons. The Balaban J connectivity index is 0.000000243. The predicted molar refractivity (Wildman–Crippen MR) is 253 cm³/mol. The fraction of sp³-hybridized carbons (Fsp3) is 0.238. The molecule has 2 amide bonds. The monoisotopic (exact) mass is 1050 g/mol. The van der Waals surface area contributed by atoms with E-state index in [4.69, 9.17) is 29.8 Å². The number of nitrogens with one attached hydrogen (secondary N) is 6. The number of ether oxygens (including phenoxy) is 4. The van der Waals surface area contributed by atoms with Crippen LogP contribution in [0.25, 0.3) is 11.5 Å². The van der Waals surface area contributed by atoms with Gasteiger partial charge in [0.2, 0.25) is 0 Å². The number of carbonyl (C=O) groups excluding carboxylic acids is 2. The van der Waals surface area contributed by atoms with Crippen LogP contribution in [0.2, 0.25) is 0 Å². The molecule has 4 heterocycles. The van der Waals surface area contributed by atoms with Crippen molar-refractivity contribution in [2.24, 2.45) is 14.1 Å². The zero-order valence-corrected chi connectivity index (χ0v) is 40.4. The van der Waals surface area contributed by atoms with Crippen molar-refractivity contribution in [2.45, 2.75) is 13.1 Å². The Morgan fingerprint density at radius 1 is 0.683 bits per heavy atom. The highest BCUT2D eigenvalue weighted by atomic mass is 79.9. The van der Waals surface area contributed by atoms with E-state index >= 15 is 0 Å². The molecule has 6 rings (SSSR count). The average Bonchev–Trinajstić information content (AvgIpc) is 3.86. The maximum atomic E-state index is 12.9. The second-order valence-corrected chi connectivity index (χ2v) is 15.3. The molecule has 0 radical (unpaired) electrons. The van der Waals surface area contributed by atoms with Gasteiger partial charge in [0, 0.05) is 112 Å². The van der Waals surface area contributed by atoms with Gasteiger partial charge in [-0.2, -0.15) is 0 Å². The first-order valence-electron chi connectivity index (χ1n) is 18.7. The van der Waals surface area contributed by atoms with Crippen LogP contribution in [0.4, 0.5) is 11.4 Å². The van der Waals surface area contributed by atoms with Crippen LogP contribution in [-0.4, -0.2) is 95.8 Å². The van der Waals surface area contributed by atoms with Gasteiger partial charge in [-0.1, -0.05) is 0 Å². The van der Waals surface area contributed by atoms with Crippen LogP contribution in [0.15, 0.2) is 81.1 Å². The Labute approximate surface area is 390 Å². The molecule has 2 aromatic carbocycles. The Kier molecular flexibility index (Phi) is 18.6. The number of carbonyl (C=O) groups is 2. The van der Waals surface area contributed by atoms with Crippen molar-refractivity contribution in [3.05, 3.63) is 115 Å². The summed E-state index contributed by atoms with van der Waals surface area (Å²) in [5.74, 6) is 2.43. The van der Waals surface area contributed by atoms with Gasteiger partial charge in [0.1, 0.15) is 53.9 Å². The van der Waals surface area contributed by atoms with E-state index in [9.17, 15) is 9.59 Å². The fourth-order valence-electron chi connectivity index (χ4n) is 5.74. The minimum atomic E-state index is -0.361. The molecule has 0 atom stereocenters. The zero-order valence-electron chi connectivity index (χ0n) is 35.7. The summed E-state index contributed by atoms with van der Waals surface area (Å²) in [7, 11) is 13.5. The number of aryl methyl sites for hydroxylation is 2. The molecule has 63 heavy (non-hydrogen) atoms. The molecule has 0 fully saturated rings. The summed E-state index contributed by atoms with van der Waals surface area (Å²) in [6, 6.07) is 14.0. The Hall–Kier alpha value is -6.32. The van der Waals surface area contributed by atoms with Gasteiger partial charge in [0.05, 0.1) is 34.8 Å². The first-order chi connectivity index (χ1) is 30.2. The highest BCUT2D eigenvalue weighted by Crippen LogP contribution is 2.29. The van der Waals surface area contributed by atoms with Gasteiger partial charge < -0.3 is 60.2 Å². The third-order valence-corrected chi connectivity index (χ3v) is 10.4. The lowest BCUT2D eigenvalue weighted by Crippen LogP contribution is -2.25. The summed E-state index contributed by atoms with van der Waals surface area (Å²) in [6.07, 6.45) is 7.78. The van der Waals surface area contributed by atoms with E-state index in [2.05, 4.69) is 89.0 Å². The Morgan fingerprint density at radius 2 is 1.19 bits per heavy atom. The highest BCUT2D eigenvalue weighted by molar-refractivity contribution is 9.11. The van der Waals surface area contributed by atoms with Gasteiger partial charge in [0.15, 0.2) is 5.82 Å². The Morgan fingerprint density at radius 3 is 1.57 bits per heavy atom. The van der Waals surface area contributed by atoms with Crippen LogP contribution in [-0.2, 0) is 27.2 Å². The molecule has 0 aliphatic carbocycles. The molecule has 6 N–H and O–H groups in total. The van der Waals surface area contributed by atoms with Crippen LogP contribution >= 0.6 is 47.8 Å². The van der Waals surface area contributed by atoms with E-state index in [-0.39, 0.29) is 36.3 Å². The van der Waals surface area contributed by atoms with Crippen molar-refractivity contribution in [2.75, 3.05) is 53.2 Å². The number of halogens is 3. The van der Waals surface area contributed by atoms with Gasteiger partial charge in [-0.3, -0.25) is 9.59 Å². The number of amides is 2. The number of hydrogen-bond acceptors (Lipinski definition) is 14. The molecule has 0 aliphatic rings. The summed E-state index contributed by atoms with van der Waals surface area (Å²) in [6.45, 7) is 0.532. The molecule has 0 aliphatic heterocycles. The van der Waals surface area contributed by atoms with E-state index in [1.165, 1.54) is 12.4 Å². The van der Waals surface area contributed by atoms with Gasteiger partial charge >= 0.3 is 0 Å². The summed E-state index contributed by atoms with van der Waals surface area (Å²) in [4.78, 5) is 42.4. The first-order valence-corrected chi connectivity index (χ1v) is 21.0. The average molecular weight is 1060 g/mol. The number of hydrogen-bond donors (Lipinski definition) is 6. The minimum Gasteiger partial charge on any atom is -0.497 e. The standard InChI is InChI=1S/C21H23BrN6O3.C17H19BrN4O3.C4H5BrN2/c1-24-15-8-16(26-19(14(15)9-23)20-27-18(22)11-28(20)2)21(29)25-10-12-5-6-13(30-3)7-17(12)31-4;1-20-13-7-14(22-16(18)12(13)8-19)17(23)21-9-10-4-5-11(24-2)6-15(10)25-3;1-7-2-4(5)6-3-7/h5-9,11,23H,10H2,1-4H3,(H,24,26)(H,25,29);4-8,19H,9H2,1-3H3,(H,20,22)(H,21,23);2-3H,1H3. The largest absolute Gasteiger partial charge is 0.497 e. The maximum absolute atomic E-state index is 12.9. The molecule has 4 aromatic heterocycles. The van der Waals surface area contributed by atoms with Gasteiger partial charge in [-0.15, -0.1) is 0 Å². The number of rotatable bonds is 15. The number of methoxy groups -OCH3 is 4. The van der Waals surface area contributed by atoms with Crippen molar-refractivity contribution in [1.29, 1.82) is 10.8 Å². The second kappa shape index (κ2) is 23.8. The third-order valence-electron chi connectivity index (χ3n) is 8.96. The minimum absolute atomic E-state index is 0.205. The number of pyridine rings is 2. The number of anilines is 2. The van der Waals surface area contributed by atoms with Crippen LogP contribution < -0.4 is 40.2 Å². The zero-order chi connectivity index (χ0) is 46.2. The lowest BCUT2D eigenvalue weighted by Gasteiger charge is -2.14. The molecule has 21 heteroatoms. The third kappa shape index (κ3) is 13.1.